The van der Waals surface area contributed by atoms with E-state index in [2.05, 4.69) is 49.5 Å². The Bertz CT molecular complexity index is 553. The van der Waals surface area contributed by atoms with E-state index in [-0.39, 0.29) is 0 Å². The molecule has 0 saturated carbocycles. The zero-order chi connectivity index (χ0) is 13.1. The van der Waals surface area contributed by atoms with Crippen molar-refractivity contribution in [3.8, 4) is 11.6 Å². The molecule has 2 N–H and O–H groups in total. The molecule has 0 aliphatic heterocycles. The van der Waals surface area contributed by atoms with Crippen molar-refractivity contribution in [1.29, 1.82) is 0 Å². The van der Waals surface area contributed by atoms with Crippen LogP contribution in [0.5, 0.6) is 0 Å². The number of nitrogen functional groups attached to an aromatic ring is 1. The predicted octanol–water partition coefficient (Wildman–Crippen LogP) is 2.38. The molecule has 0 fully saturated rings. The molecule has 2 rings (SSSR count). The van der Waals surface area contributed by atoms with Crippen LogP contribution in [-0.2, 0) is 6.42 Å². The quantitative estimate of drug-likeness (QED) is 0.856. The van der Waals surface area contributed by atoms with Gasteiger partial charge in [-0.25, -0.2) is 19.9 Å². The first-order valence-corrected chi connectivity index (χ1v) is 6.80. The van der Waals surface area contributed by atoms with Gasteiger partial charge in [0, 0.05) is 12.4 Å². The van der Waals surface area contributed by atoms with Crippen molar-refractivity contribution in [2.75, 3.05) is 5.73 Å². The fourth-order valence-corrected chi connectivity index (χ4v) is 2.03. The first-order valence-electron chi connectivity index (χ1n) is 5.72. The zero-order valence-corrected chi connectivity index (χ0v) is 12.5. The van der Waals surface area contributed by atoms with E-state index < -0.39 is 0 Å². The van der Waals surface area contributed by atoms with Gasteiger partial charge in [0.05, 0.1) is 9.26 Å². The van der Waals surface area contributed by atoms with Crippen LogP contribution in [0.15, 0.2) is 12.4 Å². The van der Waals surface area contributed by atoms with Gasteiger partial charge in [-0.05, 0) is 41.5 Å². The molecule has 5 nitrogen and oxygen atoms in total. The standard InChI is InChI=1S/C12H14IN5/c1-3-4-8-9(13)10(14)18-12(17-8)11-15-5-7(2)6-16-11/h5-6H,3-4H2,1-2H3,(H2,14,17,18). The number of aryl methyl sites for hydroxylation is 2. The van der Waals surface area contributed by atoms with Gasteiger partial charge in [-0.3, -0.25) is 0 Å². The van der Waals surface area contributed by atoms with Gasteiger partial charge in [-0.15, -0.1) is 0 Å². The van der Waals surface area contributed by atoms with E-state index in [9.17, 15) is 0 Å². The van der Waals surface area contributed by atoms with E-state index in [4.69, 9.17) is 5.73 Å². The average Bonchev–Trinajstić information content (AvgIpc) is 2.36. The highest BCUT2D eigenvalue weighted by Gasteiger charge is 2.12. The predicted molar refractivity (Wildman–Crippen MR) is 78.9 cm³/mol. The van der Waals surface area contributed by atoms with Crippen molar-refractivity contribution >= 4 is 28.4 Å². The summed E-state index contributed by atoms with van der Waals surface area (Å²) in [5, 5.41) is 0. The van der Waals surface area contributed by atoms with Crippen molar-refractivity contribution in [3.63, 3.8) is 0 Å². The fourth-order valence-electron chi connectivity index (χ4n) is 1.52. The number of anilines is 1. The van der Waals surface area contributed by atoms with Gasteiger partial charge in [-0.2, -0.15) is 0 Å². The summed E-state index contributed by atoms with van der Waals surface area (Å²) in [5.41, 5.74) is 7.87. The van der Waals surface area contributed by atoms with Crippen LogP contribution in [0.25, 0.3) is 11.6 Å². The second kappa shape index (κ2) is 5.55. The first kappa shape index (κ1) is 13.1. The molecule has 0 amide bonds. The van der Waals surface area contributed by atoms with E-state index in [1.54, 1.807) is 12.4 Å². The summed E-state index contributed by atoms with van der Waals surface area (Å²) >= 11 is 2.18. The maximum absolute atomic E-state index is 5.90. The lowest BCUT2D eigenvalue weighted by Crippen LogP contribution is -2.06. The van der Waals surface area contributed by atoms with E-state index >= 15 is 0 Å². The summed E-state index contributed by atoms with van der Waals surface area (Å²) < 4.78 is 0.922. The lowest BCUT2D eigenvalue weighted by molar-refractivity contribution is 0.865. The maximum Gasteiger partial charge on any atom is 0.199 e. The second-order valence-electron chi connectivity index (χ2n) is 4.03. The third-order valence-corrected chi connectivity index (χ3v) is 3.59. The van der Waals surface area contributed by atoms with Crippen LogP contribution >= 0.6 is 22.6 Å². The summed E-state index contributed by atoms with van der Waals surface area (Å²) in [6.45, 7) is 4.05. The van der Waals surface area contributed by atoms with E-state index in [1.807, 2.05) is 6.92 Å². The Labute approximate surface area is 119 Å². The lowest BCUT2D eigenvalue weighted by atomic mass is 10.2. The molecule has 0 saturated heterocycles. The third-order valence-electron chi connectivity index (χ3n) is 2.41. The minimum atomic E-state index is 0.494. The van der Waals surface area contributed by atoms with Crippen LogP contribution in [0.1, 0.15) is 24.6 Å². The largest absolute Gasteiger partial charge is 0.383 e. The minimum Gasteiger partial charge on any atom is -0.383 e. The van der Waals surface area contributed by atoms with E-state index in [0.717, 1.165) is 27.7 Å². The van der Waals surface area contributed by atoms with Gasteiger partial charge in [-0.1, -0.05) is 13.3 Å². The zero-order valence-electron chi connectivity index (χ0n) is 10.3. The number of nitrogens with zero attached hydrogens (tertiary/aromatic N) is 4. The second-order valence-corrected chi connectivity index (χ2v) is 5.11. The third kappa shape index (κ3) is 2.74. The monoisotopic (exact) mass is 355 g/mol. The van der Waals surface area contributed by atoms with Crippen LogP contribution in [0.2, 0.25) is 0 Å². The fraction of sp³-hybridized carbons (Fsp3) is 0.333. The molecular formula is C12H14IN5. The highest BCUT2D eigenvalue weighted by atomic mass is 127. The Balaban J connectivity index is 2.48. The molecule has 2 aromatic rings. The molecule has 6 heteroatoms. The Morgan fingerprint density at radius 2 is 1.83 bits per heavy atom. The van der Waals surface area contributed by atoms with Crippen LogP contribution in [0, 0.1) is 10.5 Å². The lowest BCUT2D eigenvalue weighted by Gasteiger charge is -2.07. The highest BCUT2D eigenvalue weighted by molar-refractivity contribution is 14.1. The summed E-state index contributed by atoms with van der Waals surface area (Å²) in [7, 11) is 0. The molecule has 0 bridgehead atoms. The van der Waals surface area contributed by atoms with Crippen LogP contribution in [0.4, 0.5) is 5.82 Å². The Morgan fingerprint density at radius 3 is 2.44 bits per heavy atom. The van der Waals surface area contributed by atoms with Crippen molar-refractivity contribution < 1.29 is 0 Å². The number of halogens is 1. The van der Waals surface area contributed by atoms with Gasteiger partial charge in [0.1, 0.15) is 5.82 Å². The molecule has 0 aromatic carbocycles. The minimum absolute atomic E-state index is 0.494. The molecular weight excluding hydrogens is 341 g/mol. The molecule has 2 aromatic heterocycles. The summed E-state index contributed by atoms with van der Waals surface area (Å²) in [5.74, 6) is 1.51. The van der Waals surface area contributed by atoms with Crippen LogP contribution in [-0.4, -0.2) is 19.9 Å². The summed E-state index contributed by atoms with van der Waals surface area (Å²) in [6.07, 6.45) is 5.39. The molecule has 18 heavy (non-hydrogen) atoms. The number of hydrogen-bond acceptors (Lipinski definition) is 5. The number of nitrogens with two attached hydrogens (primary N) is 1. The molecule has 0 unspecified atom stereocenters. The normalized spacial score (nSPS) is 10.6. The Morgan fingerprint density at radius 1 is 1.17 bits per heavy atom. The van der Waals surface area contributed by atoms with Crippen molar-refractivity contribution in [3.05, 3.63) is 27.2 Å². The van der Waals surface area contributed by atoms with Crippen LogP contribution in [0.3, 0.4) is 0 Å². The molecule has 2 heterocycles. The molecule has 0 aliphatic carbocycles. The number of aromatic nitrogens is 4. The van der Waals surface area contributed by atoms with Gasteiger partial charge in [0.2, 0.25) is 0 Å². The van der Waals surface area contributed by atoms with Crippen molar-refractivity contribution in [1.82, 2.24) is 19.9 Å². The molecule has 0 spiro atoms. The van der Waals surface area contributed by atoms with Gasteiger partial charge < -0.3 is 5.73 Å². The van der Waals surface area contributed by atoms with Gasteiger partial charge in [0.25, 0.3) is 0 Å². The van der Waals surface area contributed by atoms with Gasteiger partial charge in [0.15, 0.2) is 11.6 Å². The number of hydrogen-bond donors (Lipinski definition) is 1. The smallest absolute Gasteiger partial charge is 0.199 e. The molecule has 0 aliphatic rings. The average molecular weight is 355 g/mol. The Kier molecular flexibility index (Phi) is 4.05. The van der Waals surface area contributed by atoms with Gasteiger partial charge >= 0.3 is 0 Å². The topological polar surface area (TPSA) is 77.6 Å². The van der Waals surface area contributed by atoms with E-state index in [1.165, 1.54) is 0 Å². The SMILES string of the molecule is CCCc1nc(-c2ncc(C)cn2)nc(N)c1I. The summed E-state index contributed by atoms with van der Waals surface area (Å²) in [4.78, 5) is 17.2. The van der Waals surface area contributed by atoms with E-state index in [0.29, 0.717) is 17.5 Å². The first-order chi connectivity index (χ1) is 8.61. The Hall–Kier alpha value is -1.31. The molecule has 0 atom stereocenters. The molecule has 0 radical (unpaired) electrons. The number of rotatable bonds is 3. The van der Waals surface area contributed by atoms with Crippen LogP contribution < -0.4 is 5.73 Å². The molecule has 94 valence electrons. The van der Waals surface area contributed by atoms with Crippen molar-refractivity contribution in [2.45, 2.75) is 26.7 Å². The summed E-state index contributed by atoms with van der Waals surface area (Å²) in [6, 6.07) is 0. The maximum atomic E-state index is 5.90. The highest BCUT2D eigenvalue weighted by Crippen LogP contribution is 2.21. The van der Waals surface area contributed by atoms with Crippen molar-refractivity contribution in [2.24, 2.45) is 0 Å².